The Balaban J connectivity index is 1.75. The van der Waals surface area contributed by atoms with Gasteiger partial charge in [-0.05, 0) is 37.1 Å². The topological polar surface area (TPSA) is 66.9 Å². The molecule has 0 atom stereocenters. The van der Waals surface area contributed by atoms with Crippen LogP contribution in [-0.4, -0.2) is 15.9 Å². The van der Waals surface area contributed by atoms with Crippen molar-refractivity contribution >= 4 is 23.1 Å². The highest BCUT2D eigenvalue weighted by molar-refractivity contribution is 6.02. The third kappa shape index (κ3) is 3.89. The number of rotatable bonds is 4. The molecule has 0 saturated heterocycles. The first-order valence-corrected chi connectivity index (χ1v) is 7.97. The summed E-state index contributed by atoms with van der Waals surface area (Å²) in [6.45, 7) is 3.89. The fraction of sp³-hybridized carbons (Fsp3) is 0.105. The van der Waals surface area contributed by atoms with Crippen molar-refractivity contribution in [2.75, 3.05) is 10.6 Å². The fourth-order valence-electron chi connectivity index (χ4n) is 2.46. The van der Waals surface area contributed by atoms with Gasteiger partial charge < -0.3 is 10.6 Å². The summed E-state index contributed by atoms with van der Waals surface area (Å²) in [5.74, 6) is -4.86. The number of anilines is 3. The van der Waals surface area contributed by atoms with Crippen LogP contribution in [0.4, 0.5) is 30.4 Å². The minimum atomic E-state index is -1.66. The Morgan fingerprint density at radius 3 is 2.26 bits per heavy atom. The number of aryl methyl sites for hydroxylation is 2. The summed E-state index contributed by atoms with van der Waals surface area (Å²) < 4.78 is 39.8. The van der Waals surface area contributed by atoms with Gasteiger partial charge in [0, 0.05) is 5.69 Å². The highest BCUT2D eigenvalue weighted by Crippen LogP contribution is 2.23. The van der Waals surface area contributed by atoms with Crippen LogP contribution in [0.1, 0.15) is 21.6 Å². The second-order valence-electron chi connectivity index (χ2n) is 5.86. The smallest absolute Gasteiger partial charge is 0.275 e. The zero-order chi connectivity index (χ0) is 19.6. The first-order valence-electron chi connectivity index (χ1n) is 7.97. The summed E-state index contributed by atoms with van der Waals surface area (Å²) in [6, 6.07) is 7.47. The molecule has 1 amide bonds. The van der Waals surface area contributed by atoms with E-state index in [0.717, 1.165) is 28.9 Å². The lowest BCUT2D eigenvalue weighted by atomic mass is 10.1. The van der Waals surface area contributed by atoms with E-state index >= 15 is 0 Å². The van der Waals surface area contributed by atoms with Crippen LogP contribution in [0.15, 0.2) is 42.7 Å². The van der Waals surface area contributed by atoms with Crippen LogP contribution in [0.25, 0.3) is 0 Å². The number of para-hydroxylation sites is 1. The Labute approximate surface area is 153 Å². The van der Waals surface area contributed by atoms with Crippen molar-refractivity contribution in [3.8, 4) is 0 Å². The Kier molecular flexibility index (Phi) is 5.07. The van der Waals surface area contributed by atoms with E-state index in [1.807, 2.05) is 32.0 Å². The minimum Gasteiger partial charge on any atom is -0.339 e. The third-order valence-corrected chi connectivity index (χ3v) is 3.90. The number of nitrogens with one attached hydrogen (secondary N) is 2. The molecule has 0 radical (unpaired) electrons. The van der Waals surface area contributed by atoms with Crippen LogP contribution in [0, 0.1) is 31.3 Å². The molecular formula is C19H15F3N4O. The van der Waals surface area contributed by atoms with Gasteiger partial charge in [-0.25, -0.2) is 23.1 Å². The first kappa shape index (κ1) is 18.4. The zero-order valence-corrected chi connectivity index (χ0v) is 14.5. The molecule has 3 aromatic rings. The lowest BCUT2D eigenvalue weighted by molar-refractivity contribution is 0.102. The van der Waals surface area contributed by atoms with Gasteiger partial charge in [-0.3, -0.25) is 4.79 Å². The summed E-state index contributed by atoms with van der Waals surface area (Å²) in [6.07, 6.45) is 2.55. The molecule has 0 spiro atoms. The van der Waals surface area contributed by atoms with Crippen LogP contribution in [0.3, 0.4) is 0 Å². The maximum absolute atomic E-state index is 13.6. The van der Waals surface area contributed by atoms with Crippen LogP contribution in [0.2, 0.25) is 0 Å². The second-order valence-corrected chi connectivity index (χ2v) is 5.86. The van der Waals surface area contributed by atoms with Gasteiger partial charge in [-0.1, -0.05) is 18.2 Å². The van der Waals surface area contributed by atoms with Crippen molar-refractivity contribution in [2.45, 2.75) is 13.8 Å². The predicted octanol–water partition coefficient (Wildman–Crippen LogP) is 4.51. The Morgan fingerprint density at radius 1 is 0.926 bits per heavy atom. The quantitative estimate of drug-likeness (QED) is 0.662. The lowest BCUT2D eigenvalue weighted by Gasteiger charge is -2.12. The zero-order valence-electron chi connectivity index (χ0n) is 14.5. The van der Waals surface area contributed by atoms with Crippen LogP contribution in [0.5, 0.6) is 0 Å². The predicted molar refractivity (Wildman–Crippen MR) is 95.5 cm³/mol. The molecule has 1 aromatic heterocycles. The molecule has 0 unspecified atom stereocenters. The maximum atomic E-state index is 13.6. The third-order valence-electron chi connectivity index (χ3n) is 3.90. The number of halogens is 3. The molecule has 0 saturated carbocycles. The van der Waals surface area contributed by atoms with Crippen LogP contribution < -0.4 is 10.6 Å². The van der Waals surface area contributed by atoms with Crippen molar-refractivity contribution in [2.24, 2.45) is 0 Å². The summed E-state index contributed by atoms with van der Waals surface area (Å²) >= 11 is 0. The molecular weight excluding hydrogens is 357 g/mol. The Morgan fingerprint density at radius 2 is 1.63 bits per heavy atom. The first-order chi connectivity index (χ1) is 12.9. The highest BCUT2D eigenvalue weighted by Gasteiger charge is 2.17. The van der Waals surface area contributed by atoms with Crippen molar-refractivity contribution < 1.29 is 18.0 Å². The molecule has 2 aromatic carbocycles. The lowest BCUT2D eigenvalue weighted by Crippen LogP contribution is -2.16. The number of nitrogens with zero attached hydrogens (tertiary/aromatic N) is 2. The summed E-state index contributed by atoms with van der Waals surface area (Å²) in [4.78, 5) is 20.2. The van der Waals surface area contributed by atoms with Crippen molar-refractivity contribution in [3.05, 3.63) is 77.0 Å². The van der Waals surface area contributed by atoms with Gasteiger partial charge in [0.15, 0.2) is 17.5 Å². The minimum absolute atomic E-state index is 0.105. The monoisotopic (exact) mass is 372 g/mol. The molecule has 0 bridgehead atoms. The van der Waals surface area contributed by atoms with Gasteiger partial charge in [-0.15, -0.1) is 0 Å². The molecule has 5 nitrogen and oxygen atoms in total. The molecule has 0 aliphatic heterocycles. The Hall–Kier alpha value is -3.42. The van der Waals surface area contributed by atoms with E-state index in [1.54, 1.807) is 0 Å². The summed E-state index contributed by atoms with van der Waals surface area (Å²) in [7, 11) is 0. The largest absolute Gasteiger partial charge is 0.339 e. The van der Waals surface area contributed by atoms with E-state index in [1.165, 1.54) is 12.4 Å². The number of carbonyl (C=O) groups is 1. The average Bonchev–Trinajstić information content (AvgIpc) is 2.66. The van der Waals surface area contributed by atoms with Crippen molar-refractivity contribution in [1.82, 2.24) is 9.97 Å². The molecule has 0 fully saturated rings. The number of benzene rings is 2. The molecule has 2 N–H and O–H groups in total. The standard InChI is InChI=1S/C19H15F3N4O/c1-10-4-3-5-11(2)18(10)26-15-9-23-14(8-24-15)19(27)25-13-7-6-12(20)16(21)17(13)22/h3-9H,1-2H3,(H,24,26)(H,25,27). The number of amides is 1. The van der Waals surface area contributed by atoms with Gasteiger partial charge in [0.2, 0.25) is 0 Å². The Bertz CT molecular complexity index is 986. The molecule has 8 heteroatoms. The number of aromatic nitrogens is 2. The molecule has 0 aliphatic rings. The highest BCUT2D eigenvalue weighted by atomic mass is 19.2. The van der Waals surface area contributed by atoms with E-state index in [4.69, 9.17) is 0 Å². The van der Waals surface area contributed by atoms with Gasteiger partial charge in [0.1, 0.15) is 11.5 Å². The summed E-state index contributed by atoms with van der Waals surface area (Å²) in [5.41, 5.74) is 2.33. The van der Waals surface area contributed by atoms with E-state index in [0.29, 0.717) is 5.82 Å². The van der Waals surface area contributed by atoms with Gasteiger partial charge >= 0.3 is 0 Å². The fourth-order valence-corrected chi connectivity index (χ4v) is 2.46. The maximum Gasteiger partial charge on any atom is 0.275 e. The van der Waals surface area contributed by atoms with Crippen molar-refractivity contribution in [1.29, 1.82) is 0 Å². The van der Waals surface area contributed by atoms with E-state index in [9.17, 15) is 18.0 Å². The molecule has 1 heterocycles. The molecule has 0 aliphatic carbocycles. The molecule has 3 rings (SSSR count). The van der Waals surface area contributed by atoms with Gasteiger partial charge in [0.05, 0.1) is 18.1 Å². The number of carbonyl (C=O) groups excluding carboxylic acids is 1. The average molecular weight is 372 g/mol. The van der Waals surface area contributed by atoms with E-state index < -0.39 is 29.0 Å². The summed E-state index contributed by atoms with van der Waals surface area (Å²) in [5, 5.41) is 5.26. The van der Waals surface area contributed by atoms with Crippen LogP contribution in [-0.2, 0) is 0 Å². The molecule has 138 valence electrons. The SMILES string of the molecule is Cc1cccc(C)c1Nc1cnc(C(=O)Nc2ccc(F)c(F)c2F)cn1. The number of hydrogen-bond donors (Lipinski definition) is 2. The van der Waals surface area contributed by atoms with E-state index in [2.05, 4.69) is 20.6 Å². The van der Waals surface area contributed by atoms with Gasteiger partial charge in [0.25, 0.3) is 5.91 Å². The van der Waals surface area contributed by atoms with Crippen LogP contribution >= 0.6 is 0 Å². The second kappa shape index (κ2) is 7.45. The van der Waals surface area contributed by atoms with Gasteiger partial charge in [-0.2, -0.15) is 0 Å². The molecule has 27 heavy (non-hydrogen) atoms. The van der Waals surface area contributed by atoms with E-state index in [-0.39, 0.29) is 5.69 Å². The van der Waals surface area contributed by atoms with Crippen molar-refractivity contribution in [3.63, 3.8) is 0 Å². The normalized spacial score (nSPS) is 10.6. The number of hydrogen-bond acceptors (Lipinski definition) is 4.